The first kappa shape index (κ1) is 15.9. The monoisotopic (exact) mass is 243 g/mol. The molecule has 0 aromatic heterocycles. The molecule has 0 rings (SSSR count). The van der Waals surface area contributed by atoms with Crippen molar-refractivity contribution >= 4 is 11.8 Å². The fourth-order valence-electron chi connectivity index (χ4n) is 1.41. The maximum absolute atomic E-state index is 11.5. The molecule has 100 valence electrons. The van der Waals surface area contributed by atoms with Crippen molar-refractivity contribution in [3.8, 4) is 0 Å². The van der Waals surface area contributed by atoms with Gasteiger partial charge in [-0.3, -0.25) is 9.59 Å². The molecule has 0 radical (unpaired) electrons. The number of carbonyl (C=O) groups excluding carboxylic acids is 2. The standard InChI is InChI=1S/C12H25N3O2/c1-5-15(6-2)10-8-13-12(17)7-9-14(4)11(3)16/h5-10H2,1-4H3,(H,13,17). The lowest BCUT2D eigenvalue weighted by Gasteiger charge is -2.18. The molecule has 0 unspecified atom stereocenters. The largest absolute Gasteiger partial charge is 0.355 e. The van der Waals surface area contributed by atoms with Crippen LogP contribution in [0.25, 0.3) is 0 Å². The molecule has 5 heteroatoms. The lowest BCUT2D eigenvalue weighted by Crippen LogP contribution is -2.36. The van der Waals surface area contributed by atoms with Crippen LogP contribution >= 0.6 is 0 Å². The molecule has 0 saturated carbocycles. The SMILES string of the molecule is CCN(CC)CCNC(=O)CCN(C)C(C)=O. The molecule has 0 aliphatic rings. The van der Waals surface area contributed by atoms with E-state index >= 15 is 0 Å². The molecule has 0 aromatic rings. The fourth-order valence-corrected chi connectivity index (χ4v) is 1.41. The maximum Gasteiger partial charge on any atom is 0.221 e. The van der Waals surface area contributed by atoms with Gasteiger partial charge in [-0.2, -0.15) is 0 Å². The van der Waals surface area contributed by atoms with Crippen molar-refractivity contribution in [2.24, 2.45) is 0 Å². The minimum atomic E-state index is -0.0130. The van der Waals surface area contributed by atoms with Crippen LogP contribution in [0.4, 0.5) is 0 Å². The van der Waals surface area contributed by atoms with E-state index in [1.807, 2.05) is 0 Å². The number of nitrogens with one attached hydrogen (secondary N) is 1. The van der Waals surface area contributed by atoms with Gasteiger partial charge in [0.15, 0.2) is 0 Å². The summed E-state index contributed by atoms with van der Waals surface area (Å²) in [6, 6.07) is 0. The summed E-state index contributed by atoms with van der Waals surface area (Å²) in [5.41, 5.74) is 0. The highest BCUT2D eigenvalue weighted by atomic mass is 16.2. The van der Waals surface area contributed by atoms with Gasteiger partial charge in [0.05, 0.1) is 0 Å². The van der Waals surface area contributed by atoms with Gasteiger partial charge in [0.25, 0.3) is 0 Å². The summed E-state index contributed by atoms with van der Waals surface area (Å²) in [5.74, 6) is -0.00815. The van der Waals surface area contributed by atoms with Crippen molar-refractivity contribution in [3.63, 3.8) is 0 Å². The van der Waals surface area contributed by atoms with Crippen molar-refractivity contribution in [2.45, 2.75) is 27.2 Å². The normalized spacial score (nSPS) is 10.4. The summed E-state index contributed by atoms with van der Waals surface area (Å²) >= 11 is 0. The van der Waals surface area contributed by atoms with Crippen molar-refractivity contribution in [3.05, 3.63) is 0 Å². The number of hydrogen-bond donors (Lipinski definition) is 1. The lowest BCUT2D eigenvalue weighted by atomic mass is 10.3. The Hall–Kier alpha value is -1.10. The number of carbonyl (C=O) groups is 2. The first-order valence-corrected chi connectivity index (χ1v) is 6.22. The second kappa shape index (κ2) is 8.98. The highest BCUT2D eigenvalue weighted by molar-refractivity contribution is 5.77. The molecule has 0 heterocycles. The van der Waals surface area contributed by atoms with E-state index in [0.717, 1.165) is 19.6 Å². The Kier molecular flexibility index (Phi) is 8.40. The summed E-state index contributed by atoms with van der Waals surface area (Å²) < 4.78 is 0. The Bertz CT molecular complexity index is 240. The molecule has 0 bridgehead atoms. The minimum absolute atomic E-state index is 0.00487. The number of hydrogen-bond acceptors (Lipinski definition) is 3. The molecule has 0 spiro atoms. The Morgan fingerprint density at radius 2 is 1.71 bits per heavy atom. The van der Waals surface area contributed by atoms with E-state index in [1.54, 1.807) is 11.9 Å². The van der Waals surface area contributed by atoms with Crippen molar-refractivity contribution in [1.82, 2.24) is 15.1 Å². The summed E-state index contributed by atoms with van der Waals surface area (Å²) in [5, 5.41) is 2.86. The quantitative estimate of drug-likeness (QED) is 0.667. The number of amides is 2. The molecule has 17 heavy (non-hydrogen) atoms. The molecule has 0 atom stereocenters. The van der Waals surface area contributed by atoms with Gasteiger partial charge in [-0.05, 0) is 13.1 Å². The van der Waals surface area contributed by atoms with E-state index in [-0.39, 0.29) is 11.8 Å². The summed E-state index contributed by atoms with van der Waals surface area (Å²) in [6.45, 7) is 9.73. The van der Waals surface area contributed by atoms with Crippen LogP contribution < -0.4 is 5.32 Å². The zero-order chi connectivity index (χ0) is 13.3. The zero-order valence-electron chi connectivity index (χ0n) is 11.5. The van der Waals surface area contributed by atoms with E-state index in [9.17, 15) is 9.59 Å². The van der Waals surface area contributed by atoms with Crippen LogP contribution in [0.5, 0.6) is 0 Å². The number of likely N-dealkylation sites (N-methyl/N-ethyl adjacent to an activating group) is 1. The number of nitrogens with zero attached hydrogens (tertiary/aromatic N) is 2. The predicted molar refractivity (Wildman–Crippen MR) is 68.7 cm³/mol. The predicted octanol–water partition coefficient (Wildman–Crippen LogP) is 0.313. The summed E-state index contributed by atoms with van der Waals surface area (Å²) in [6.07, 6.45) is 0.369. The van der Waals surface area contributed by atoms with Crippen LogP contribution in [0.2, 0.25) is 0 Å². The summed E-state index contributed by atoms with van der Waals surface area (Å²) in [4.78, 5) is 26.2. The van der Waals surface area contributed by atoms with E-state index < -0.39 is 0 Å². The van der Waals surface area contributed by atoms with E-state index in [2.05, 4.69) is 24.1 Å². The van der Waals surface area contributed by atoms with Crippen molar-refractivity contribution in [2.75, 3.05) is 39.8 Å². The molecule has 0 aliphatic carbocycles. The van der Waals surface area contributed by atoms with Crippen LogP contribution in [0.3, 0.4) is 0 Å². The van der Waals surface area contributed by atoms with Gasteiger partial charge in [-0.15, -0.1) is 0 Å². The molecule has 0 saturated heterocycles. The first-order chi connectivity index (χ1) is 8.01. The maximum atomic E-state index is 11.5. The number of rotatable bonds is 8. The van der Waals surface area contributed by atoms with Gasteiger partial charge in [0.2, 0.25) is 11.8 Å². The van der Waals surface area contributed by atoms with Crippen LogP contribution in [0.1, 0.15) is 27.2 Å². The average molecular weight is 243 g/mol. The molecular formula is C12H25N3O2. The molecule has 1 N–H and O–H groups in total. The Labute approximate surface area is 104 Å². The third-order valence-electron chi connectivity index (χ3n) is 2.86. The fraction of sp³-hybridized carbons (Fsp3) is 0.833. The third-order valence-corrected chi connectivity index (χ3v) is 2.86. The Morgan fingerprint density at radius 3 is 2.18 bits per heavy atom. The molecule has 2 amide bonds. The van der Waals surface area contributed by atoms with Crippen LogP contribution in [-0.2, 0) is 9.59 Å². The molecular weight excluding hydrogens is 218 g/mol. The lowest BCUT2D eigenvalue weighted by molar-refractivity contribution is -0.128. The van der Waals surface area contributed by atoms with Gasteiger partial charge in [-0.1, -0.05) is 13.8 Å². The van der Waals surface area contributed by atoms with E-state index in [0.29, 0.717) is 19.5 Å². The van der Waals surface area contributed by atoms with Gasteiger partial charge >= 0.3 is 0 Å². The molecule has 5 nitrogen and oxygen atoms in total. The average Bonchev–Trinajstić information content (AvgIpc) is 2.31. The van der Waals surface area contributed by atoms with Gasteiger partial charge in [0.1, 0.15) is 0 Å². The second-order valence-electron chi connectivity index (χ2n) is 4.07. The topological polar surface area (TPSA) is 52.7 Å². The summed E-state index contributed by atoms with van der Waals surface area (Å²) in [7, 11) is 1.70. The van der Waals surface area contributed by atoms with Crippen LogP contribution in [0, 0.1) is 0 Å². The Balaban J connectivity index is 3.63. The van der Waals surface area contributed by atoms with Crippen molar-refractivity contribution in [1.29, 1.82) is 0 Å². The minimum Gasteiger partial charge on any atom is -0.355 e. The second-order valence-corrected chi connectivity index (χ2v) is 4.07. The smallest absolute Gasteiger partial charge is 0.221 e. The van der Waals surface area contributed by atoms with E-state index in [1.165, 1.54) is 6.92 Å². The van der Waals surface area contributed by atoms with E-state index in [4.69, 9.17) is 0 Å². The Morgan fingerprint density at radius 1 is 1.12 bits per heavy atom. The van der Waals surface area contributed by atoms with Gasteiger partial charge < -0.3 is 15.1 Å². The van der Waals surface area contributed by atoms with Crippen LogP contribution in [-0.4, -0.2) is 61.4 Å². The third kappa shape index (κ3) is 7.74. The van der Waals surface area contributed by atoms with Crippen molar-refractivity contribution < 1.29 is 9.59 Å². The van der Waals surface area contributed by atoms with Gasteiger partial charge in [0, 0.05) is 40.0 Å². The van der Waals surface area contributed by atoms with Crippen LogP contribution in [0.15, 0.2) is 0 Å². The molecule has 0 aliphatic heterocycles. The molecule has 0 aromatic carbocycles. The zero-order valence-corrected chi connectivity index (χ0v) is 11.5. The highest BCUT2D eigenvalue weighted by Gasteiger charge is 2.06. The molecule has 0 fully saturated rings. The highest BCUT2D eigenvalue weighted by Crippen LogP contribution is 1.89. The first-order valence-electron chi connectivity index (χ1n) is 6.22. The van der Waals surface area contributed by atoms with Gasteiger partial charge in [-0.25, -0.2) is 0 Å².